The van der Waals surface area contributed by atoms with E-state index in [2.05, 4.69) is 22.1 Å². The first-order chi connectivity index (χ1) is 7.93. The average Bonchev–Trinajstić information content (AvgIpc) is 2.80. The highest BCUT2D eigenvalue weighted by Gasteiger charge is 1.93. The summed E-state index contributed by atoms with van der Waals surface area (Å²) in [5, 5.41) is 7.67. The molecule has 0 spiro atoms. The molecule has 0 aromatic carbocycles. The minimum atomic E-state index is 0.694. The summed E-state index contributed by atoms with van der Waals surface area (Å²) < 4.78 is 10.6. The van der Waals surface area contributed by atoms with Gasteiger partial charge in [0.05, 0.1) is 19.8 Å². The minimum absolute atomic E-state index is 0.694. The predicted molar refractivity (Wildman–Crippen MR) is 68.2 cm³/mol. The van der Waals surface area contributed by atoms with E-state index in [4.69, 9.17) is 9.47 Å². The van der Waals surface area contributed by atoms with Crippen molar-refractivity contribution in [3.05, 3.63) is 22.4 Å². The Balaban J connectivity index is 1.78. The fraction of sp³-hybridized carbons (Fsp3) is 0.667. The molecule has 0 amide bonds. The fourth-order valence-corrected chi connectivity index (χ4v) is 2.00. The molecular formula is C12H21NO2S. The van der Waals surface area contributed by atoms with Gasteiger partial charge in [0, 0.05) is 13.2 Å². The van der Waals surface area contributed by atoms with Gasteiger partial charge in [0.1, 0.15) is 0 Å². The first kappa shape index (κ1) is 13.6. The molecule has 1 N–H and O–H groups in total. The van der Waals surface area contributed by atoms with Gasteiger partial charge < -0.3 is 14.8 Å². The van der Waals surface area contributed by atoms with Gasteiger partial charge in [0.15, 0.2) is 0 Å². The Morgan fingerprint density at radius 2 is 2.06 bits per heavy atom. The van der Waals surface area contributed by atoms with Crippen LogP contribution in [0.2, 0.25) is 0 Å². The van der Waals surface area contributed by atoms with Crippen LogP contribution < -0.4 is 5.32 Å². The van der Waals surface area contributed by atoms with Crippen LogP contribution in [0.5, 0.6) is 0 Å². The predicted octanol–water partition coefficient (Wildman–Crippen LogP) is 1.93. The second-order valence-corrected chi connectivity index (χ2v) is 4.22. The second kappa shape index (κ2) is 9.78. The highest BCUT2D eigenvalue weighted by Crippen LogP contribution is 2.05. The molecule has 0 bridgehead atoms. The van der Waals surface area contributed by atoms with Gasteiger partial charge in [-0.3, -0.25) is 0 Å². The van der Waals surface area contributed by atoms with Crippen molar-refractivity contribution in [3.63, 3.8) is 0 Å². The number of hydrogen-bond donors (Lipinski definition) is 1. The molecule has 0 aliphatic heterocycles. The van der Waals surface area contributed by atoms with Gasteiger partial charge in [-0.2, -0.15) is 11.3 Å². The monoisotopic (exact) mass is 243 g/mol. The minimum Gasteiger partial charge on any atom is -0.379 e. The maximum atomic E-state index is 5.39. The number of hydrogen-bond acceptors (Lipinski definition) is 4. The maximum absolute atomic E-state index is 5.39. The molecule has 1 aromatic heterocycles. The van der Waals surface area contributed by atoms with E-state index >= 15 is 0 Å². The van der Waals surface area contributed by atoms with Crippen LogP contribution in [0.25, 0.3) is 0 Å². The van der Waals surface area contributed by atoms with E-state index in [1.54, 1.807) is 11.3 Å². The lowest BCUT2D eigenvalue weighted by molar-refractivity contribution is 0.0541. The van der Waals surface area contributed by atoms with Crippen molar-refractivity contribution in [3.8, 4) is 0 Å². The molecule has 0 unspecified atom stereocenters. The molecule has 0 atom stereocenters. The summed E-state index contributed by atoms with van der Waals surface area (Å²) in [6, 6.07) is 2.17. The maximum Gasteiger partial charge on any atom is 0.0701 e. The Bertz CT molecular complexity index is 239. The van der Waals surface area contributed by atoms with Crippen LogP contribution in [0.3, 0.4) is 0 Å². The first-order valence-electron chi connectivity index (χ1n) is 5.80. The Hall–Kier alpha value is -0.420. The normalized spacial score (nSPS) is 10.8. The average molecular weight is 243 g/mol. The molecule has 1 aromatic rings. The topological polar surface area (TPSA) is 30.5 Å². The van der Waals surface area contributed by atoms with E-state index in [0.29, 0.717) is 13.2 Å². The Morgan fingerprint density at radius 1 is 1.19 bits per heavy atom. The third-order valence-corrected chi connectivity index (χ3v) is 2.90. The van der Waals surface area contributed by atoms with E-state index in [9.17, 15) is 0 Å². The van der Waals surface area contributed by atoms with E-state index < -0.39 is 0 Å². The lowest BCUT2D eigenvalue weighted by Crippen LogP contribution is -2.22. The fourth-order valence-electron chi connectivity index (χ4n) is 1.30. The molecule has 0 aliphatic rings. The van der Waals surface area contributed by atoms with Crippen LogP contribution in [0, 0.1) is 0 Å². The molecule has 0 aliphatic carbocycles. The quantitative estimate of drug-likeness (QED) is 0.637. The van der Waals surface area contributed by atoms with Crippen molar-refractivity contribution in [1.29, 1.82) is 0 Å². The van der Waals surface area contributed by atoms with Gasteiger partial charge in [-0.25, -0.2) is 0 Å². The Kier molecular flexibility index (Phi) is 8.34. The summed E-state index contributed by atoms with van der Waals surface area (Å²) in [5.74, 6) is 0. The van der Waals surface area contributed by atoms with Gasteiger partial charge in [-0.05, 0) is 42.3 Å². The van der Waals surface area contributed by atoms with Crippen molar-refractivity contribution in [1.82, 2.24) is 5.32 Å². The van der Waals surface area contributed by atoms with Crippen molar-refractivity contribution >= 4 is 11.3 Å². The molecule has 16 heavy (non-hydrogen) atoms. The highest BCUT2D eigenvalue weighted by molar-refractivity contribution is 7.07. The lowest BCUT2D eigenvalue weighted by Gasteiger charge is -2.05. The van der Waals surface area contributed by atoms with E-state index in [1.165, 1.54) is 5.56 Å². The third-order valence-electron chi connectivity index (χ3n) is 2.17. The molecular weight excluding hydrogens is 222 g/mol. The summed E-state index contributed by atoms with van der Waals surface area (Å²) in [4.78, 5) is 0. The summed E-state index contributed by atoms with van der Waals surface area (Å²) in [7, 11) is 0. The number of ether oxygens (including phenoxy) is 2. The van der Waals surface area contributed by atoms with Crippen LogP contribution in [0.4, 0.5) is 0 Å². The van der Waals surface area contributed by atoms with Gasteiger partial charge in [0.25, 0.3) is 0 Å². The van der Waals surface area contributed by atoms with Gasteiger partial charge in [-0.15, -0.1) is 0 Å². The van der Waals surface area contributed by atoms with Crippen molar-refractivity contribution in [2.75, 3.05) is 39.5 Å². The standard InChI is InChI=1S/C12H21NO2S/c1-2-14-8-9-15-7-6-13-5-3-12-4-10-16-11-12/h4,10-11,13H,2-3,5-9H2,1H3. The highest BCUT2D eigenvalue weighted by atomic mass is 32.1. The summed E-state index contributed by atoms with van der Waals surface area (Å²) in [5.41, 5.74) is 1.41. The zero-order valence-electron chi connectivity index (χ0n) is 9.91. The molecule has 92 valence electrons. The molecule has 0 fully saturated rings. The smallest absolute Gasteiger partial charge is 0.0701 e. The summed E-state index contributed by atoms with van der Waals surface area (Å²) in [6.45, 7) is 6.85. The number of nitrogens with one attached hydrogen (secondary N) is 1. The zero-order valence-corrected chi connectivity index (χ0v) is 10.7. The zero-order chi connectivity index (χ0) is 11.5. The lowest BCUT2D eigenvalue weighted by atomic mass is 10.2. The molecule has 4 heteroatoms. The third kappa shape index (κ3) is 6.95. The van der Waals surface area contributed by atoms with Gasteiger partial charge in [-0.1, -0.05) is 0 Å². The largest absolute Gasteiger partial charge is 0.379 e. The molecule has 1 rings (SSSR count). The Labute approximate surface area is 102 Å². The molecule has 0 saturated carbocycles. The van der Waals surface area contributed by atoms with Gasteiger partial charge in [0.2, 0.25) is 0 Å². The molecule has 0 radical (unpaired) electrons. The van der Waals surface area contributed by atoms with Crippen LogP contribution in [0.15, 0.2) is 16.8 Å². The second-order valence-electron chi connectivity index (χ2n) is 3.44. The van der Waals surface area contributed by atoms with Crippen LogP contribution in [-0.4, -0.2) is 39.5 Å². The van der Waals surface area contributed by atoms with Crippen molar-refractivity contribution < 1.29 is 9.47 Å². The number of rotatable bonds is 10. The van der Waals surface area contributed by atoms with Crippen LogP contribution in [0.1, 0.15) is 12.5 Å². The first-order valence-corrected chi connectivity index (χ1v) is 6.75. The summed E-state index contributed by atoms with van der Waals surface area (Å²) in [6.07, 6.45) is 1.10. The van der Waals surface area contributed by atoms with E-state index in [1.807, 2.05) is 6.92 Å². The van der Waals surface area contributed by atoms with Crippen LogP contribution >= 0.6 is 11.3 Å². The van der Waals surface area contributed by atoms with Crippen molar-refractivity contribution in [2.24, 2.45) is 0 Å². The Morgan fingerprint density at radius 3 is 2.81 bits per heavy atom. The molecule has 1 heterocycles. The van der Waals surface area contributed by atoms with E-state index in [0.717, 1.165) is 32.7 Å². The number of thiophene rings is 1. The van der Waals surface area contributed by atoms with E-state index in [-0.39, 0.29) is 0 Å². The molecule has 0 saturated heterocycles. The SMILES string of the molecule is CCOCCOCCNCCc1ccsc1. The van der Waals surface area contributed by atoms with Gasteiger partial charge >= 0.3 is 0 Å². The summed E-state index contributed by atoms with van der Waals surface area (Å²) >= 11 is 1.75. The van der Waals surface area contributed by atoms with Crippen LogP contribution in [-0.2, 0) is 15.9 Å². The van der Waals surface area contributed by atoms with Crippen molar-refractivity contribution in [2.45, 2.75) is 13.3 Å². The molecule has 3 nitrogen and oxygen atoms in total.